The second kappa shape index (κ2) is 17.6. The summed E-state index contributed by atoms with van der Waals surface area (Å²) in [6.07, 6.45) is 10.1. The molecule has 0 bridgehead atoms. The van der Waals surface area contributed by atoms with E-state index in [4.69, 9.17) is 24.5 Å². The van der Waals surface area contributed by atoms with Crippen LogP contribution in [0.3, 0.4) is 0 Å². The van der Waals surface area contributed by atoms with E-state index in [2.05, 4.69) is 37.1 Å². The number of halogens is 5. The van der Waals surface area contributed by atoms with E-state index < -0.39 is 24.9 Å². The molecule has 0 aliphatic rings. The van der Waals surface area contributed by atoms with Crippen LogP contribution in [0.4, 0.5) is 19.4 Å². The molecule has 1 amide bonds. The summed E-state index contributed by atoms with van der Waals surface area (Å²) in [5, 5.41) is 11.9. The van der Waals surface area contributed by atoms with Gasteiger partial charge in [0.1, 0.15) is 33.5 Å². The number of carbonyl (C=O) groups is 1. The molecular formula is C36H39F2I3N6O3. The fraction of sp³-hybridized carbons (Fsp3) is 0.333. The van der Waals surface area contributed by atoms with E-state index >= 15 is 8.78 Å². The number of benzene rings is 2. The predicted molar refractivity (Wildman–Crippen MR) is 220 cm³/mol. The molecule has 50 heavy (non-hydrogen) atoms. The molecule has 2 heterocycles. The van der Waals surface area contributed by atoms with Crippen LogP contribution in [0.1, 0.15) is 52.2 Å². The molecule has 2 aromatic heterocycles. The average molecular weight is 1020 g/mol. The summed E-state index contributed by atoms with van der Waals surface area (Å²) in [7, 11) is 0. The van der Waals surface area contributed by atoms with Crippen molar-refractivity contribution < 1.29 is 23.0 Å². The third-order valence-electron chi connectivity index (χ3n) is 7.53. The van der Waals surface area contributed by atoms with Crippen LogP contribution in [0, 0.1) is 17.6 Å². The molecule has 1 unspecified atom stereocenters. The molecule has 2 N–H and O–H groups in total. The summed E-state index contributed by atoms with van der Waals surface area (Å²) < 4.78 is 42.1. The Bertz CT molecular complexity index is 1880. The smallest absolute Gasteiger partial charge is 0.409 e. The Morgan fingerprint density at radius 2 is 1.86 bits per heavy atom. The Morgan fingerprint density at radius 1 is 1.16 bits per heavy atom. The van der Waals surface area contributed by atoms with Crippen molar-refractivity contribution in [2.45, 2.75) is 61.2 Å². The molecule has 266 valence electrons. The lowest BCUT2D eigenvalue weighted by atomic mass is 9.96. The Kier molecular flexibility index (Phi) is 14.0. The number of rotatable bonds is 15. The molecule has 0 spiro atoms. The van der Waals surface area contributed by atoms with Gasteiger partial charge in [0, 0.05) is 52.5 Å². The molecule has 4 aromatic rings. The number of alkyl halides is 3. The average Bonchev–Trinajstić information content (AvgIpc) is 3.39. The number of amides is 1. The highest BCUT2D eigenvalue weighted by atomic mass is 127. The van der Waals surface area contributed by atoms with Crippen molar-refractivity contribution in [2.24, 2.45) is 5.92 Å². The number of nitrogens with zero attached hydrogens (tertiary/aromatic N) is 4. The number of nitrogens with one attached hydrogen (secondary N) is 2. The van der Waals surface area contributed by atoms with Gasteiger partial charge in [0.15, 0.2) is 5.82 Å². The lowest BCUT2D eigenvalue weighted by Gasteiger charge is -2.28. The molecule has 14 heteroatoms. The van der Waals surface area contributed by atoms with Gasteiger partial charge in [0.25, 0.3) is 0 Å². The third-order valence-corrected chi connectivity index (χ3v) is 8.28. The van der Waals surface area contributed by atoms with Gasteiger partial charge in [-0.1, -0.05) is 57.2 Å². The number of aromatic nitrogens is 4. The first-order valence-electron chi connectivity index (χ1n) is 15.8. The Hall–Kier alpha value is -2.87. The van der Waals surface area contributed by atoms with E-state index in [0.29, 0.717) is 40.6 Å². The van der Waals surface area contributed by atoms with Gasteiger partial charge in [-0.3, -0.25) is 4.68 Å². The van der Waals surface area contributed by atoms with Crippen molar-refractivity contribution in [1.82, 2.24) is 25.1 Å². The molecule has 0 radical (unpaired) electrons. The third kappa shape index (κ3) is 11.1. The van der Waals surface area contributed by atoms with Crippen LogP contribution in [0.2, 0.25) is 0 Å². The van der Waals surface area contributed by atoms with Crippen molar-refractivity contribution in [1.29, 1.82) is 0 Å². The fourth-order valence-electron chi connectivity index (χ4n) is 4.99. The Morgan fingerprint density at radius 3 is 2.50 bits per heavy atom. The topological polar surface area (TPSA) is 103 Å². The number of carbonyl (C=O) groups excluding carboxylic acids is 1. The number of para-hydroxylation sites is 1. The predicted octanol–water partition coefficient (Wildman–Crippen LogP) is 10.3. The van der Waals surface area contributed by atoms with Crippen molar-refractivity contribution >= 4 is 90.6 Å². The van der Waals surface area contributed by atoms with Crippen LogP contribution in [-0.2, 0) is 17.7 Å². The van der Waals surface area contributed by atoms with E-state index in [0.717, 1.165) is 17.7 Å². The summed E-state index contributed by atoms with van der Waals surface area (Å²) in [6, 6.07) is 9.74. The maximum absolute atomic E-state index is 15.1. The van der Waals surface area contributed by atoms with E-state index in [1.165, 1.54) is 12.1 Å². The number of hydrogen-bond donors (Lipinski definition) is 2. The number of hydrogen-bond acceptors (Lipinski definition) is 7. The molecule has 0 aliphatic carbocycles. The molecule has 1 atom stereocenters. The summed E-state index contributed by atoms with van der Waals surface area (Å²) in [4.78, 5) is 22.4. The highest BCUT2D eigenvalue weighted by molar-refractivity contribution is 14.2. The molecule has 2 aromatic carbocycles. The van der Waals surface area contributed by atoms with Gasteiger partial charge in [0.2, 0.25) is 1.61 Å². The molecule has 0 saturated heterocycles. The maximum atomic E-state index is 15.1. The van der Waals surface area contributed by atoms with Gasteiger partial charge in [-0.25, -0.2) is 23.5 Å². The minimum Gasteiger partial charge on any atom is -0.483 e. The van der Waals surface area contributed by atoms with E-state index in [9.17, 15) is 4.79 Å². The van der Waals surface area contributed by atoms with Crippen molar-refractivity contribution in [3.8, 4) is 17.3 Å². The molecule has 0 saturated carbocycles. The van der Waals surface area contributed by atoms with Crippen LogP contribution in [-0.4, -0.2) is 37.6 Å². The lowest BCUT2D eigenvalue weighted by Crippen LogP contribution is -2.46. The standard InChI is InChI=1S/C36H39F2I3N6O3/c1-7-11-24(15-14-22(3)8-2)43-32-23(18-35(4,5)45-34(48)50-36(6,40)41)19-42-33(44-32)31-26-12-9-10-13-30(26)47(46-31)20-27-28(37)16-25(49-21-39)17-29(27)38/h7,9-17,19,22H,1,8,18,20-21H2,2-6H3,(H,45,48)(H,42,43,44)/b15-14-,24-11+. The second-order valence-electron chi connectivity index (χ2n) is 12.3. The quantitative estimate of drug-likeness (QED) is 0.0695. The zero-order valence-corrected chi connectivity index (χ0v) is 34.8. The summed E-state index contributed by atoms with van der Waals surface area (Å²) in [5.41, 5.74) is 1.68. The van der Waals surface area contributed by atoms with Crippen LogP contribution in [0.15, 0.2) is 79.2 Å². The Labute approximate surface area is 332 Å². The van der Waals surface area contributed by atoms with E-state index in [1.807, 2.05) is 118 Å². The maximum Gasteiger partial charge on any atom is 0.409 e. The highest BCUT2D eigenvalue weighted by Crippen LogP contribution is 2.31. The lowest BCUT2D eigenvalue weighted by molar-refractivity contribution is 0.131. The van der Waals surface area contributed by atoms with Crippen molar-refractivity contribution in [3.63, 3.8) is 0 Å². The number of ether oxygens (including phenoxy) is 2. The molecule has 0 aliphatic heterocycles. The second-order valence-corrected chi connectivity index (χ2v) is 19.1. The minimum atomic E-state index is -0.745. The van der Waals surface area contributed by atoms with E-state index in [1.54, 1.807) is 23.9 Å². The number of allylic oxidation sites excluding steroid dienone is 4. The van der Waals surface area contributed by atoms with Crippen LogP contribution < -0.4 is 15.4 Å². The zero-order chi connectivity index (χ0) is 36.6. The van der Waals surface area contributed by atoms with Gasteiger partial charge in [-0.05, 0) is 113 Å². The van der Waals surface area contributed by atoms with Gasteiger partial charge < -0.3 is 20.1 Å². The summed E-state index contributed by atoms with van der Waals surface area (Å²) in [5.74, 6) is -0.197. The fourth-order valence-corrected chi connectivity index (χ4v) is 5.75. The van der Waals surface area contributed by atoms with Crippen LogP contribution in [0.5, 0.6) is 5.75 Å². The van der Waals surface area contributed by atoms with Crippen LogP contribution in [0.25, 0.3) is 22.4 Å². The van der Waals surface area contributed by atoms with Gasteiger partial charge in [0.05, 0.1) is 12.1 Å². The van der Waals surface area contributed by atoms with Gasteiger partial charge >= 0.3 is 6.09 Å². The molecule has 0 fully saturated rings. The number of anilines is 1. The molecular weight excluding hydrogens is 983 g/mol. The van der Waals surface area contributed by atoms with Crippen LogP contribution >= 0.6 is 67.8 Å². The van der Waals surface area contributed by atoms with E-state index in [-0.39, 0.29) is 22.5 Å². The zero-order valence-electron chi connectivity index (χ0n) is 28.4. The van der Waals surface area contributed by atoms with Crippen molar-refractivity contribution in [2.75, 3.05) is 9.93 Å². The largest absolute Gasteiger partial charge is 0.483 e. The van der Waals surface area contributed by atoms with Crippen molar-refractivity contribution in [3.05, 3.63) is 102 Å². The first-order valence-corrected chi connectivity index (χ1v) is 19.5. The monoisotopic (exact) mass is 1020 g/mol. The van der Waals surface area contributed by atoms with Gasteiger partial charge in [-0.2, -0.15) is 5.10 Å². The highest BCUT2D eigenvalue weighted by Gasteiger charge is 2.28. The molecule has 4 rings (SSSR count). The summed E-state index contributed by atoms with van der Waals surface area (Å²) >= 11 is 6.05. The Balaban J connectivity index is 1.79. The minimum absolute atomic E-state index is 0.116. The first kappa shape index (κ1) is 39.9. The number of alkyl carbamates (subject to hydrolysis) is 1. The normalized spacial score (nSPS) is 13.0. The number of fused-ring (bicyclic) bond motifs is 1. The SMILES string of the molecule is C=C/C=C(\C=C/C(C)CC)Nc1nc(-c2nn(Cc3c(F)cc(OCI)cc3F)c3ccccc23)ncc1CC(C)(C)NC(=O)OC(C)(I)I. The van der Waals surface area contributed by atoms with Gasteiger partial charge in [-0.15, -0.1) is 0 Å². The molecule has 9 nitrogen and oxygen atoms in total. The summed E-state index contributed by atoms with van der Waals surface area (Å²) in [6.45, 7) is 13.5. The first-order chi connectivity index (χ1) is 23.6.